The minimum absolute atomic E-state index is 0.0744. The predicted octanol–water partition coefficient (Wildman–Crippen LogP) is 4.47. The molecular weight excluding hydrogens is 405 g/mol. The van der Waals surface area contributed by atoms with Crippen molar-refractivity contribution >= 4 is 21.7 Å². The quantitative estimate of drug-likeness (QED) is 0.429. The number of nitrogens with zero attached hydrogens (tertiary/aromatic N) is 2. The molecule has 1 unspecified atom stereocenters. The Hall–Kier alpha value is -2.40. The maximum atomic E-state index is 14.6. The minimum atomic E-state index is -2.82. The van der Waals surface area contributed by atoms with Crippen molar-refractivity contribution in [2.24, 2.45) is 9.36 Å². The number of rotatable bonds is 4. The molecule has 0 fully saturated rings. The second-order valence-corrected chi connectivity index (χ2v) is 12.0. The summed E-state index contributed by atoms with van der Waals surface area (Å²) >= 11 is 0. The van der Waals surface area contributed by atoms with E-state index in [1.807, 2.05) is 0 Å². The zero-order chi connectivity index (χ0) is 23.5. The first-order valence-corrected chi connectivity index (χ1v) is 11.4. The molecule has 1 N–H and O–H groups in total. The molecule has 1 aromatic rings. The van der Waals surface area contributed by atoms with Crippen molar-refractivity contribution in [3.8, 4) is 12.3 Å². The van der Waals surface area contributed by atoms with Crippen LogP contribution in [0.25, 0.3) is 0 Å². The van der Waals surface area contributed by atoms with E-state index in [4.69, 9.17) is 11.2 Å². The summed E-state index contributed by atoms with van der Waals surface area (Å²) in [4.78, 5) is 17.1. The standard InChI is InChI=1S/C22H32FN3O3S/c1-11-15-12-13-17(23)16(14-15)21(5,6)26-18(22(7,8)30(10,28)24-9)25-19(27)29-20(2,3)4/h1,12-14H,2-10H3,(H,25,26,27). The van der Waals surface area contributed by atoms with Gasteiger partial charge in [0, 0.05) is 24.4 Å². The maximum absolute atomic E-state index is 14.6. The number of amides is 1. The molecule has 0 aliphatic rings. The third-order valence-corrected chi connectivity index (χ3v) is 7.45. The van der Waals surface area contributed by atoms with Crippen molar-refractivity contribution < 1.29 is 18.1 Å². The zero-order valence-electron chi connectivity index (χ0n) is 19.2. The van der Waals surface area contributed by atoms with Crippen molar-refractivity contribution in [1.82, 2.24) is 5.32 Å². The van der Waals surface area contributed by atoms with Crippen molar-refractivity contribution in [2.45, 2.75) is 64.4 Å². The van der Waals surface area contributed by atoms with E-state index in [2.05, 4.69) is 20.6 Å². The van der Waals surface area contributed by atoms with Gasteiger partial charge >= 0.3 is 6.09 Å². The average Bonchev–Trinajstić information content (AvgIpc) is 2.59. The number of terminal acetylenes is 1. The molecule has 0 radical (unpaired) electrons. The second kappa shape index (κ2) is 8.76. The van der Waals surface area contributed by atoms with Gasteiger partial charge in [-0.25, -0.2) is 17.8 Å². The van der Waals surface area contributed by atoms with Crippen LogP contribution < -0.4 is 5.32 Å². The van der Waals surface area contributed by atoms with Crippen LogP contribution in [-0.4, -0.2) is 39.8 Å². The van der Waals surface area contributed by atoms with Crippen molar-refractivity contribution in [3.63, 3.8) is 0 Å². The highest BCUT2D eigenvalue weighted by Crippen LogP contribution is 2.31. The van der Waals surface area contributed by atoms with Gasteiger partial charge in [0.15, 0.2) is 0 Å². The molecule has 0 saturated carbocycles. The lowest BCUT2D eigenvalue weighted by Crippen LogP contribution is -2.51. The molecule has 0 aliphatic carbocycles. The van der Waals surface area contributed by atoms with Crippen LogP contribution in [0.1, 0.15) is 59.6 Å². The molecular formula is C22H32FN3O3S. The Kier molecular flexibility index (Phi) is 7.49. The SMILES string of the molecule is C#Cc1ccc(F)c(C(C)(C)/N=C(/NC(=O)OC(C)(C)C)C(C)(C)S(C)(=O)=NC)c1. The van der Waals surface area contributed by atoms with E-state index >= 15 is 0 Å². The maximum Gasteiger partial charge on any atom is 0.413 e. The minimum Gasteiger partial charge on any atom is -0.444 e. The van der Waals surface area contributed by atoms with Gasteiger partial charge in [-0.05, 0) is 66.7 Å². The molecule has 8 heteroatoms. The number of hydrogen-bond acceptors (Lipinski definition) is 5. The Balaban J connectivity index is 3.65. The zero-order valence-corrected chi connectivity index (χ0v) is 20.0. The van der Waals surface area contributed by atoms with Gasteiger partial charge in [-0.1, -0.05) is 5.92 Å². The Bertz CT molecular complexity index is 1010. The fourth-order valence-corrected chi connectivity index (χ4v) is 3.46. The summed E-state index contributed by atoms with van der Waals surface area (Å²) in [7, 11) is -1.38. The van der Waals surface area contributed by atoms with Gasteiger partial charge in [0.1, 0.15) is 22.0 Å². The van der Waals surface area contributed by atoms with Crippen LogP contribution in [0.2, 0.25) is 0 Å². The molecule has 0 bridgehead atoms. The van der Waals surface area contributed by atoms with E-state index in [1.54, 1.807) is 48.5 Å². The normalized spacial score (nSPS) is 15.0. The molecule has 1 rings (SSSR count). The van der Waals surface area contributed by atoms with E-state index in [0.29, 0.717) is 5.56 Å². The summed E-state index contributed by atoms with van der Waals surface area (Å²) in [6.45, 7) is 11.8. The number of aliphatic imine (C=N–C) groups is 1. The number of benzene rings is 1. The summed E-state index contributed by atoms with van der Waals surface area (Å²) < 4.78 is 35.9. The largest absolute Gasteiger partial charge is 0.444 e. The molecule has 0 aromatic heterocycles. The Labute approximate surface area is 179 Å². The first-order chi connectivity index (χ1) is 13.5. The van der Waals surface area contributed by atoms with Gasteiger partial charge in [0.05, 0.1) is 15.3 Å². The summed E-state index contributed by atoms with van der Waals surface area (Å²) in [6.07, 6.45) is 6.17. The molecule has 1 amide bonds. The number of hydrogen-bond donors (Lipinski definition) is 1. The number of nitrogens with one attached hydrogen (secondary N) is 1. The molecule has 0 heterocycles. The number of carbonyl (C=O) groups excluding carboxylic acids is 1. The van der Waals surface area contributed by atoms with Gasteiger partial charge in [-0.3, -0.25) is 10.3 Å². The van der Waals surface area contributed by atoms with Gasteiger partial charge in [-0.15, -0.1) is 6.42 Å². The van der Waals surface area contributed by atoms with Gasteiger partial charge in [0.25, 0.3) is 0 Å². The fourth-order valence-electron chi connectivity index (χ4n) is 2.54. The lowest BCUT2D eigenvalue weighted by molar-refractivity contribution is 0.0561. The topological polar surface area (TPSA) is 80.1 Å². The van der Waals surface area contributed by atoms with Crippen LogP contribution in [0.15, 0.2) is 27.6 Å². The first kappa shape index (κ1) is 25.6. The van der Waals surface area contributed by atoms with E-state index in [-0.39, 0.29) is 11.4 Å². The second-order valence-electron chi connectivity index (χ2n) is 8.98. The molecule has 0 aliphatic heterocycles. The van der Waals surface area contributed by atoms with Gasteiger partial charge in [0.2, 0.25) is 0 Å². The first-order valence-electron chi connectivity index (χ1n) is 9.43. The highest BCUT2D eigenvalue weighted by Gasteiger charge is 2.38. The number of carbonyl (C=O) groups is 1. The molecule has 1 aromatic carbocycles. The molecule has 30 heavy (non-hydrogen) atoms. The summed E-state index contributed by atoms with van der Waals surface area (Å²) in [5.74, 6) is 2.06. The third kappa shape index (κ3) is 6.05. The lowest BCUT2D eigenvalue weighted by atomic mass is 9.92. The summed E-state index contributed by atoms with van der Waals surface area (Å²) in [6, 6.07) is 4.31. The molecule has 1 atom stereocenters. The van der Waals surface area contributed by atoms with Gasteiger partial charge in [-0.2, -0.15) is 0 Å². The van der Waals surface area contributed by atoms with Crippen LogP contribution in [0, 0.1) is 18.2 Å². The Morgan fingerprint density at radius 2 is 1.77 bits per heavy atom. The highest BCUT2D eigenvalue weighted by atomic mass is 32.2. The number of amidine groups is 1. The molecule has 6 nitrogen and oxygen atoms in total. The smallest absolute Gasteiger partial charge is 0.413 e. The Morgan fingerprint density at radius 1 is 1.20 bits per heavy atom. The Morgan fingerprint density at radius 3 is 2.23 bits per heavy atom. The van der Waals surface area contributed by atoms with E-state index in [1.165, 1.54) is 31.5 Å². The van der Waals surface area contributed by atoms with Crippen molar-refractivity contribution in [3.05, 3.63) is 35.1 Å². The van der Waals surface area contributed by atoms with Gasteiger partial charge < -0.3 is 4.74 Å². The number of ether oxygens (including phenoxy) is 1. The number of halogens is 1. The summed E-state index contributed by atoms with van der Waals surface area (Å²) in [5, 5.41) is 2.62. The molecule has 166 valence electrons. The molecule has 0 saturated heterocycles. The third-order valence-electron chi connectivity index (χ3n) is 4.67. The monoisotopic (exact) mass is 437 g/mol. The van der Waals surface area contributed by atoms with Crippen LogP contribution in [0.4, 0.5) is 9.18 Å². The van der Waals surface area contributed by atoms with Crippen LogP contribution >= 0.6 is 0 Å². The van der Waals surface area contributed by atoms with E-state index in [0.717, 1.165) is 0 Å². The van der Waals surface area contributed by atoms with Crippen LogP contribution in [-0.2, 0) is 20.0 Å². The number of alkyl carbamates (subject to hydrolysis) is 1. The van der Waals surface area contributed by atoms with Crippen molar-refractivity contribution in [2.75, 3.05) is 13.3 Å². The van der Waals surface area contributed by atoms with E-state index in [9.17, 15) is 13.4 Å². The average molecular weight is 438 g/mol. The summed E-state index contributed by atoms with van der Waals surface area (Å²) in [5.41, 5.74) is -1.14. The lowest BCUT2D eigenvalue weighted by Gasteiger charge is -2.32. The fraction of sp³-hybridized carbons (Fsp3) is 0.545. The molecule has 0 spiro atoms. The van der Waals surface area contributed by atoms with E-state index < -0.39 is 37.5 Å². The van der Waals surface area contributed by atoms with Crippen LogP contribution in [0.5, 0.6) is 0 Å². The van der Waals surface area contributed by atoms with Crippen molar-refractivity contribution in [1.29, 1.82) is 0 Å². The highest BCUT2D eigenvalue weighted by molar-refractivity contribution is 7.95. The van der Waals surface area contributed by atoms with Crippen LogP contribution in [0.3, 0.4) is 0 Å². The predicted molar refractivity (Wildman–Crippen MR) is 121 cm³/mol.